The molecule has 0 unspecified atom stereocenters. The molecule has 5 rings (SSSR count). The van der Waals surface area contributed by atoms with E-state index in [2.05, 4.69) is 33.3 Å². The highest BCUT2D eigenvalue weighted by atomic mass is 16.5. The molecular weight excluding hydrogens is 342 g/mol. The maximum Gasteiger partial charge on any atom is 0.345 e. The lowest BCUT2D eigenvalue weighted by atomic mass is 10.1. The number of rotatable bonds is 5. The van der Waals surface area contributed by atoms with Crippen molar-refractivity contribution >= 4 is 10.9 Å². The Bertz CT molecular complexity index is 1030. The van der Waals surface area contributed by atoms with E-state index in [9.17, 15) is 4.79 Å². The third-order valence-electron chi connectivity index (χ3n) is 5.79. The molecule has 0 saturated heterocycles. The molecule has 1 aliphatic heterocycles. The van der Waals surface area contributed by atoms with E-state index in [0.29, 0.717) is 12.5 Å². The zero-order valence-corrected chi connectivity index (χ0v) is 15.6. The van der Waals surface area contributed by atoms with Gasteiger partial charge in [0.2, 0.25) is 0 Å². The fraction of sp³-hybridized carbons (Fsp3) is 0.500. The van der Waals surface area contributed by atoms with Gasteiger partial charge in [-0.1, -0.05) is 0 Å². The lowest BCUT2D eigenvalue weighted by molar-refractivity contribution is 0.270. The summed E-state index contributed by atoms with van der Waals surface area (Å²) in [5, 5.41) is 5.81. The van der Waals surface area contributed by atoms with Crippen molar-refractivity contribution in [3.05, 3.63) is 46.3 Å². The number of aromatic amines is 1. The van der Waals surface area contributed by atoms with Crippen molar-refractivity contribution in [2.45, 2.75) is 38.9 Å². The zero-order chi connectivity index (χ0) is 18.4. The molecular formula is C20H25N5O2. The molecule has 0 bridgehead atoms. The smallest absolute Gasteiger partial charge is 0.345 e. The van der Waals surface area contributed by atoms with E-state index in [-0.39, 0.29) is 5.69 Å². The van der Waals surface area contributed by atoms with E-state index in [1.807, 2.05) is 10.6 Å². The molecule has 2 aliphatic rings. The van der Waals surface area contributed by atoms with Crippen LogP contribution >= 0.6 is 0 Å². The summed E-state index contributed by atoms with van der Waals surface area (Å²) in [7, 11) is 1.69. The average Bonchev–Trinajstić information content (AvgIpc) is 3.39. The fourth-order valence-electron chi connectivity index (χ4n) is 3.99. The van der Waals surface area contributed by atoms with Gasteiger partial charge in [-0.2, -0.15) is 5.10 Å². The van der Waals surface area contributed by atoms with Crippen molar-refractivity contribution in [2.24, 2.45) is 5.92 Å². The Balaban J connectivity index is 1.32. The molecule has 3 heterocycles. The summed E-state index contributed by atoms with van der Waals surface area (Å²) >= 11 is 0. The molecule has 0 radical (unpaired) electrons. The molecule has 7 heteroatoms. The average molecular weight is 367 g/mol. The molecule has 1 aromatic carbocycles. The van der Waals surface area contributed by atoms with E-state index < -0.39 is 0 Å². The molecule has 1 saturated carbocycles. The number of nitrogens with one attached hydrogen (secondary N) is 1. The summed E-state index contributed by atoms with van der Waals surface area (Å²) < 4.78 is 8.93. The van der Waals surface area contributed by atoms with Crippen molar-refractivity contribution in [3.8, 4) is 5.75 Å². The van der Waals surface area contributed by atoms with E-state index in [1.54, 1.807) is 11.8 Å². The van der Waals surface area contributed by atoms with Gasteiger partial charge in [-0.15, -0.1) is 0 Å². The van der Waals surface area contributed by atoms with Crippen molar-refractivity contribution in [3.63, 3.8) is 0 Å². The van der Waals surface area contributed by atoms with Crippen LogP contribution in [0.15, 0.2) is 29.2 Å². The van der Waals surface area contributed by atoms with Gasteiger partial charge < -0.3 is 9.72 Å². The SMILES string of the molecule is COc1ccc2[nH]cc(CN3CCc4nn(CC5CC5)c(=O)n4CC3)c2c1. The highest BCUT2D eigenvalue weighted by molar-refractivity contribution is 5.84. The van der Waals surface area contributed by atoms with Crippen LogP contribution in [-0.2, 0) is 26.1 Å². The first kappa shape index (κ1) is 16.6. The minimum Gasteiger partial charge on any atom is -0.497 e. The predicted molar refractivity (Wildman–Crippen MR) is 103 cm³/mol. The van der Waals surface area contributed by atoms with E-state index >= 15 is 0 Å². The van der Waals surface area contributed by atoms with Crippen LogP contribution in [0.5, 0.6) is 5.75 Å². The second-order valence-electron chi connectivity index (χ2n) is 7.73. The van der Waals surface area contributed by atoms with Gasteiger partial charge in [0.1, 0.15) is 11.6 Å². The largest absolute Gasteiger partial charge is 0.497 e. The van der Waals surface area contributed by atoms with E-state index in [1.165, 1.54) is 23.8 Å². The summed E-state index contributed by atoms with van der Waals surface area (Å²) in [4.78, 5) is 18.4. The lowest BCUT2D eigenvalue weighted by Gasteiger charge is -2.19. The van der Waals surface area contributed by atoms with Gasteiger partial charge in [0, 0.05) is 56.2 Å². The van der Waals surface area contributed by atoms with Crippen LogP contribution in [0.4, 0.5) is 0 Å². The third kappa shape index (κ3) is 3.16. The number of methoxy groups -OCH3 is 1. The minimum atomic E-state index is 0.0654. The van der Waals surface area contributed by atoms with Gasteiger partial charge in [-0.3, -0.25) is 9.47 Å². The second kappa shape index (κ2) is 6.56. The first-order valence-electron chi connectivity index (χ1n) is 9.74. The number of benzene rings is 1. The minimum absolute atomic E-state index is 0.0654. The lowest BCUT2D eigenvalue weighted by Crippen LogP contribution is -2.30. The first-order chi connectivity index (χ1) is 13.2. The molecule has 7 nitrogen and oxygen atoms in total. The Morgan fingerprint density at radius 3 is 2.96 bits per heavy atom. The van der Waals surface area contributed by atoms with Crippen LogP contribution < -0.4 is 10.4 Å². The van der Waals surface area contributed by atoms with E-state index in [0.717, 1.165) is 49.7 Å². The molecule has 0 amide bonds. The van der Waals surface area contributed by atoms with Crippen molar-refractivity contribution in [1.29, 1.82) is 0 Å². The van der Waals surface area contributed by atoms with Gasteiger partial charge in [0.25, 0.3) is 0 Å². The monoisotopic (exact) mass is 367 g/mol. The fourth-order valence-corrected chi connectivity index (χ4v) is 3.99. The quantitative estimate of drug-likeness (QED) is 0.749. The summed E-state index contributed by atoms with van der Waals surface area (Å²) in [5.74, 6) is 2.47. The molecule has 3 aromatic rings. The number of H-pyrrole nitrogens is 1. The van der Waals surface area contributed by atoms with Gasteiger partial charge in [0.05, 0.1) is 7.11 Å². The van der Waals surface area contributed by atoms with Gasteiger partial charge >= 0.3 is 5.69 Å². The molecule has 1 N–H and O–H groups in total. The molecule has 2 aromatic heterocycles. The normalized spacial score (nSPS) is 17.8. The van der Waals surface area contributed by atoms with E-state index in [4.69, 9.17) is 4.74 Å². The Kier molecular flexibility index (Phi) is 4.04. The van der Waals surface area contributed by atoms with Crippen LogP contribution in [0.25, 0.3) is 10.9 Å². The molecule has 1 aliphatic carbocycles. The number of aromatic nitrogens is 4. The van der Waals surface area contributed by atoms with Crippen molar-refractivity contribution in [2.75, 3.05) is 20.2 Å². The summed E-state index contributed by atoms with van der Waals surface area (Å²) in [6.07, 6.45) is 5.37. The van der Waals surface area contributed by atoms with Crippen LogP contribution in [0.1, 0.15) is 24.2 Å². The van der Waals surface area contributed by atoms with Crippen LogP contribution in [0, 0.1) is 5.92 Å². The highest BCUT2D eigenvalue weighted by Crippen LogP contribution is 2.30. The van der Waals surface area contributed by atoms with Gasteiger partial charge in [-0.05, 0) is 42.5 Å². The third-order valence-corrected chi connectivity index (χ3v) is 5.79. The molecule has 27 heavy (non-hydrogen) atoms. The number of fused-ring (bicyclic) bond motifs is 2. The van der Waals surface area contributed by atoms with Crippen molar-refractivity contribution < 1.29 is 4.74 Å². The van der Waals surface area contributed by atoms with Gasteiger partial charge in [-0.25, -0.2) is 9.48 Å². The zero-order valence-electron chi connectivity index (χ0n) is 15.6. The van der Waals surface area contributed by atoms with Crippen LogP contribution in [0.3, 0.4) is 0 Å². The maximum atomic E-state index is 12.6. The summed E-state index contributed by atoms with van der Waals surface area (Å²) in [6, 6.07) is 6.11. The van der Waals surface area contributed by atoms with Crippen LogP contribution in [-0.4, -0.2) is 44.4 Å². The number of ether oxygens (including phenoxy) is 1. The Labute approximate surface area is 157 Å². The molecule has 0 spiro atoms. The second-order valence-corrected chi connectivity index (χ2v) is 7.73. The molecule has 142 valence electrons. The predicted octanol–water partition coefficient (Wildman–Crippen LogP) is 2.00. The molecule has 0 atom stereocenters. The maximum absolute atomic E-state index is 12.6. The van der Waals surface area contributed by atoms with Crippen molar-refractivity contribution in [1.82, 2.24) is 24.2 Å². The highest BCUT2D eigenvalue weighted by Gasteiger charge is 2.26. The number of hydrogen-bond donors (Lipinski definition) is 1. The standard InChI is InChI=1S/C20H25N5O2/c1-27-16-4-5-18-17(10-16)15(11-21-18)13-23-7-6-19-22-25(12-14-2-3-14)20(26)24(19)9-8-23/h4-5,10-11,14,21H,2-3,6-9,12-13H2,1H3. The Morgan fingerprint density at radius 2 is 2.15 bits per heavy atom. The topological polar surface area (TPSA) is 68.1 Å². The molecule has 1 fully saturated rings. The first-order valence-corrected chi connectivity index (χ1v) is 9.74. The van der Waals surface area contributed by atoms with Gasteiger partial charge in [0.15, 0.2) is 0 Å². The Morgan fingerprint density at radius 1 is 1.26 bits per heavy atom. The van der Waals surface area contributed by atoms with Crippen LogP contribution in [0.2, 0.25) is 0 Å². The summed E-state index contributed by atoms with van der Waals surface area (Å²) in [5.41, 5.74) is 2.45. The summed E-state index contributed by atoms with van der Waals surface area (Å²) in [6.45, 7) is 4.13. The Hall–Kier alpha value is -2.54. The number of hydrogen-bond acceptors (Lipinski definition) is 4. The number of nitrogens with zero attached hydrogens (tertiary/aromatic N) is 4.